The molecule has 0 aliphatic carbocycles. The van der Waals surface area contributed by atoms with Crippen molar-refractivity contribution >= 4 is 29.0 Å². The van der Waals surface area contributed by atoms with E-state index in [0.717, 1.165) is 22.4 Å². The summed E-state index contributed by atoms with van der Waals surface area (Å²) in [6, 6.07) is 8.21. The van der Waals surface area contributed by atoms with Gasteiger partial charge in [0.1, 0.15) is 5.01 Å². The van der Waals surface area contributed by atoms with Gasteiger partial charge < -0.3 is 4.90 Å². The number of aromatic nitrogens is 2. The highest BCUT2D eigenvalue weighted by atomic mass is 32.2. The van der Waals surface area contributed by atoms with E-state index in [0.29, 0.717) is 5.75 Å². The summed E-state index contributed by atoms with van der Waals surface area (Å²) in [6.45, 7) is 3.37. The molecule has 2 aromatic rings. The van der Waals surface area contributed by atoms with Crippen LogP contribution in [0, 0.1) is 6.92 Å². The first kappa shape index (κ1) is 12.6. The standard InChI is InChI=1S/C13H13N3OS2/c1-9-14-15-13(19-9)18-8-12(17)16-6-10-4-2-3-5-11(10)7-16/h2-5H,6-8H2,1H3. The van der Waals surface area contributed by atoms with Crippen LogP contribution in [0.25, 0.3) is 0 Å². The first-order valence-electron chi connectivity index (χ1n) is 6.00. The fraction of sp³-hybridized carbons (Fsp3) is 0.308. The maximum absolute atomic E-state index is 12.2. The topological polar surface area (TPSA) is 46.1 Å². The molecular weight excluding hydrogens is 278 g/mol. The summed E-state index contributed by atoms with van der Waals surface area (Å²) in [5, 5.41) is 8.90. The molecule has 1 aromatic heterocycles. The maximum Gasteiger partial charge on any atom is 0.233 e. The molecule has 1 aliphatic rings. The predicted molar refractivity (Wildman–Crippen MR) is 76.1 cm³/mol. The summed E-state index contributed by atoms with van der Waals surface area (Å²) in [4.78, 5) is 14.0. The minimum atomic E-state index is 0.161. The molecule has 0 atom stereocenters. The molecule has 0 N–H and O–H groups in total. The van der Waals surface area contributed by atoms with Crippen LogP contribution in [-0.2, 0) is 17.9 Å². The van der Waals surface area contributed by atoms with Gasteiger partial charge in [-0.2, -0.15) is 0 Å². The number of benzene rings is 1. The van der Waals surface area contributed by atoms with Gasteiger partial charge in [-0.15, -0.1) is 10.2 Å². The van der Waals surface area contributed by atoms with Gasteiger partial charge in [0.05, 0.1) is 5.75 Å². The average molecular weight is 291 g/mol. The van der Waals surface area contributed by atoms with Crippen LogP contribution in [0.3, 0.4) is 0 Å². The molecule has 0 saturated carbocycles. The van der Waals surface area contributed by atoms with Crippen molar-refractivity contribution in [2.24, 2.45) is 0 Å². The van der Waals surface area contributed by atoms with Crippen molar-refractivity contribution in [2.75, 3.05) is 5.75 Å². The number of aryl methyl sites for hydroxylation is 1. The maximum atomic E-state index is 12.2. The molecule has 1 aromatic carbocycles. The SMILES string of the molecule is Cc1nnc(SCC(=O)N2Cc3ccccc3C2)s1. The lowest BCUT2D eigenvalue weighted by Gasteiger charge is -2.14. The number of hydrogen-bond donors (Lipinski definition) is 0. The fourth-order valence-electron chi connectivity index (χ4n) is 2.06. The Morgan fingerprint density at radius 1 is 1.32 bits per heavy atom. The summed E-state index contributed by atoms with van der Waals surface area (Å²) in [5.74, 6) is 0.594. The van der Waals surface area contributed by atoms with Crippen LogP contribution in [0.1, 0.15) is 16.1 Å². The van der Waals surface area contributed by atoms with Gasteiger partial charge >= 0.3 is 0 Å². The van der Waals surface area contributed by atoms with E-state index in [1.54, 1.807) is 0 Å². The van der Waals surface area contributed by atoms with Gasteiger partial charge in [-0.3, -0.25) is 4.79 Å². The first-order valence-corrected chi connectivity index (χ1v) is 7.80. The number of hydrogen-bond acceptors (Lipinski definition) is 5. The molecule has 19 heavy (non-hydrogen) atoms. The summed E-state index contributed by atoms with van der Waals surface area (Å²) in [6.07, 6.45) is 0. The zero-order chi connectivity index (χ0) is 13.2. The largest absolute Gasteiger partial charge is 0.333 e. The lowest BCUT2D eigenvalue weighted by atomic mass is 10.1. The molecule has 0 fully saturated rings. The Bertz CT molecular complexity index is 586. The Morgan fingerprint density at radius 2 is 2.00 bits per heavy atom. The second kappa shape index (κ2) is 5.30. The zero-order valence-corrected chi connectivity index (χ0v) is 12.1. The van der Waals surface area contributed by atoms with E-state index >= 15 is 0 Å². The smallest absolute Gasteiger partial charge is 0.233 e. The normalized spacial score (nSPS) is 13.6. The van der Waals surface area contributed by atoms with E-state index in [4.69, 9.17) is 0 Å². The minimum absolute atomic E-state index is 0.161. The fourth-order valence-corrected chi connectivity index (χ4v) is 3.78. The van der Waals surface area contributed by atoms with E-state index in [1.807, 2.05) is 24.0 Å². The molecule has 2 heterocycles. The van der Waals surface area contributed by atoms with E-state index in [2.05, 4.69) is 22.3 Å². The Labute approximate surface area is 119 Å². The molecule has 0 spiro atoms. The van der Waals surface area contributed by atoms with Crippen LogP contribution >= 0.6 is 23.1 Å². The number of rotatable bonds is 3. The van der Waals surface area contributed by atoms with Gasteiger partial charge in [0.2, 0.25) is 5.91 Å². The molecule has 6 heteroatoms. The van der Waals surface area contributed by atoms with E-state index in [-0.39, 0.29) is 5.91 Å². The summed E-state index contributed by atoms with van der Waals surface area (Å²) >= 11 is 3.00. The summed E-state index contributed by atoms with van der Waals surface area (Å²) in [5.41, 5.74) is 2.51. The molecule has 1 amide bonds. The van der Waals surface area contributed by atoms with Crippen LogP contribution < -0.4 is 0 Å². The molecule has 1 aliphatic heterocycles. The predicted octanol–water partition coefficient (Wildman–Crippen LogP) is 2.48. The van der Waals surface area contributed by atoms with Crippen molar-refractivity contribution in [1.29, 1.82) is 0 Å². The number of carbonyl (C=O) groups is 1. The van der Waals surface area contributed by atoms with Gasteiger partial charge in [-0.1, -0.05) is 47.4 Å². The van der Waals surface area contributed by atoms with Crippen molar-refractivity contribution in [1.82, 2.24) is 15.1 Å². The van der Waals surface area contributed by atoms with Crippen LogP contribution in [0.2, 0.25) is 0 Å². The highest BCUT2D eigenvalue weighted by Crippen LogP contribution is 2.25. The highest BCUT2D eigenvalue weighted by Gasteiger charge is 2.22. The quantitative estimate of drug-likeness (QED) is 0.815. The van der Waals surface area contributed by atoms with E-state index < -0.39 is 0 Å². The van der Waals surface area contributed by atoms with E-state index in [9.17, 15) is 4.79 Å². The summed E-state index contributed by atoms with van der Waals surface area (Å²) in [7, 11) is 0. The monoisotopic (exact) mass is 291 g/mol. The molecule has 98 valence electrons. The van der Waals surface area contributed by atoms with Crippen molar-refractivity contribution < 1.29 is 4.79 Å². The molecule has 0 bridgehead atoms. The average Bonchev–Trinajstić information content (AvgIpc) is 3.01. The highest BCUT2D eigenvalue weighted by molar-refractivity contribution is 8.01. The minimum Gasteiger partial charge on any atom is -0.333 e. The third-order valence-corrected chi connectivity index (χ3v) is 4.98. The number of carbonyl (C=O) groups excluding carboxylic acids is 1. The van der Waals surface area contributed by atoms with Crippen LogP contribution in [0.4, 0.5) is 0 Å². The summed E-state index contributed by atoms with van der Waals surface area (Å²) < 4.78 is 0.863. The number of nitrogens with zero attached hydrogens (tertiary/aromatic N) is 3. The lowest BCUT2D eigenvalue weighted by molar-refractivity contribution is -0.128. The van der Waals surface area contributed by atoms with Crippen LogP contribution in [0.15, 0.2) is 28.6 Å². The first-order chi connectivity index (χ1) is 9.22. The van der Waals surface area contributed by atoms with Gasteiger partial charge in [-0.25, -0.2) is 0 Å². The third kappa shape index (κ3) is 2.79. The molecule has 0 radical (unpaired) electrons. The van der Waals surface area contributed by atoms with Crippen LogP contribution in [0.5, 0.6) is 0 Å². The van der Waals surface area contributed by atoms with Gasteiger partial charge in [0.15, 0.2) is 4.34 Å². The van der Waals surface area contributed by atoms with Crippen molar-refractivity contribution in [3.05, 3.63) is 40.4 Å². The van der Waals surface area contributed by atoms with Crippen molar-refractivity contribution in [3.8, 4) is 0 Å². The zero-order valence-electron chi connectivity index (χ0n) is 10.5. The van der Waals surface area contributed by atoms with Gasteiger partial charge in [0, 0.05) is 13.1 Å². The molecule has 0 unspecified atom stereocenters. The van der Waals surface area contributed by atoms with Gasteiger partial charge in [-0.05, 0) is 18.1 Å². The Morgan fingerprint density at radius 3 is 2.58 bits per heavy atom. The van der Waals surface area contributed by atoms with E-state index in [1.165, 1.54) is 34.2 Å². The molecular formula is C13H13N3OS2. The second-order valence-corrected chi connectivity index (χ2v) is 6.80. The molecule has 0 saturated heterocycles. The Hall–Kier alpha value is -1.40. The molecule has 4 nitrogen and oxygen atoms in total. The van der Waals surface area contributed by atoms with Crippen LogP contribution in [-0.4, -0.2) is 26.8 Å². The second-order valence-electron chi connectivity index (χ2n) is 4.39. The Balaban J connectivity index is 1.58. The third-order valence-electron chi connectivity index (χ3n) is 3.02. The lowest BCUT2D eigenvalue weighted by Crippen LogP contribution is -2.26. The number of amides is 1. The number of thioether (sulfide) groups is 1. The Kier molecular flexibility index (Phi) is 3.52. The van der Waals surface area contributed by atoms with Crippen molar-refractivity contribution in [3.63, 3.8) is 0 Å². The molecule has 3 rings (SSSR count). The van der Waals surface area contributed by atoms with Crippen molar-refractivity contribution in [2.45, 2.75) is 24.4 Å². The van der Waals surface area contributed by atoms with Gasteiger partial charge in [0.25, 0.3) is 0 Å². The number of fused-ring (bicyclic) bond motifs is 1.